The molecule has 0 saturated carbocycles. The number of piperazine rings is 1. The largest absolute Gasteiger partial charge is 0.491 e. The Hall–Kier alpha value is -1.06. The van der Waals surface area contributed by atoms with Gasteiger partial charge in [-0.25, -0.2) is 0 Å². The zero-order valence-corrected chi connectivity index (χ0v) is 12.5. The summed E-state index contributed by atoms with van der Waals surface area (Å²) in [5, 5.41) is 3.49. The second-order valence-electron chi connectivity index (χ2n) is 5.76. The van der Waals surface area contributed by atoms with Crippen LogP contribution in [-0.4, -0.2) is 36.7 Å². The number of rotatable bonds is 4. The fourth-order valence-corrected chi connectivity index (χ4v) is 2.62. The third kappa shape index (κ3) is 3.95. The number of benzene rings is 1. The highest BCUT2D eigenvalue weighted by Crippen LogP contribution is 2.24. The van der Waals surface area contributed by atoms with Gasteiger partial charge in [-0.3, -0.25) is 4.90 Å². The van der Waals surface area contributed by atoms with Crippen molar-refractivity contribution in [3.63, 3.8) is 0 Å². The van der Waals surface area contributed by atoms with Crippen LogP contribution in [-0.2, 0) is 0 Å². The summed E-state index contributed by atoms with van der Waals surface area (Å²) in [6, 6.07) is 9.59. The van der Waals surface area contributed by atoms with E-state index in [-0.39, 0.29) is 6.10 Å². The highest BCUT2D eigenvalue weighted by Gasteiger charge is 2.21. The quantitative estimate of drug-likeness (QED) is 0.903. The molecule has 1 saturated heterocycles. The number of ether oxygens (including phenoxy) is 1. The summed E-state index contributed by atoms with van der Waals surface area (Å²) in [4.78, 5) is 2.54. The third-order valence-electron chi connectivity index (χ3n) is 3.68. The minimum atomic E-state index is 0.234. The van der Waals surface area contributed by atoms with Gasteiger partial charge < -0.3 is 10.1 Å². The average Bonchev–Trinajstić information content (AvgIpc) is 2.38. The van der Waals surface area contributed by atoms with Crippen LogP contribution in [0.4, 0.5) is 0 Å². The Labute approximate surface area is 116 Å². The highest BCUT2D eigenvalue weighted by atomic mass is 16.5. The topological polar surface area (TPSA) is 24.5 Å². The van der Waals surface area contributed by atoms with Gasteiger partial charge in [0, 0.05) is 31.7 Å². The van der Waals surface area contributed by atoms with Crippen molar-refractivity contribution in [3.8, 4) is 5.75 Å². The van der Waals surface area contributed by atoms with E-state index in [1.54, 1.807) is 0 Å². The Kier molecular flexibility index (Phi) is 4.83. The SMILES string of the molecule is CC1CN(C(C)c2ccc(OC(C)C)cc2)CCN1. The molecule has 0 radical (unpaired) electrons. The average molecular weight is 262 g/mol. The molecule has 3 heteroatoms. The molecule has 1 N–H and O–H groups in total. The van der Waals surface area contributed by atoms with Crippen LogP contribution < -0.4 is 10.1 Å². The Morgan fingerprint density at radius 1 is 1.21 bits per heavy atom. The predicted molar refractivity (Wildman–Crippen MR) is 79.7 cm³/mol. The van der Waals surface area contributed by atoms with Crippen molar-refractivity contribution in [2.75, 3.05) is 19.6 Å². The summed E-state index contributed by atoms with van der Waals surface area (Å²) in [5.41, 5.74) is 1.37. The first-order chi connectivity index (χ1) is 9.06. The molecule has 1 fully saturated rings. The molecular formula is C16H26N2O. The van der Waals surface area contributed by atoms with E-state index in [0.29, 0.717) is 12.1 Å². The van der Waals surface area contributed by atoms with Crippen molar-refractivity contribution in [1.29, 1.82) is 0 Å². The summed E-state index contributed by atoms with van der Waals surface area (Å²) in [6.07, 6.45) is 0.234. The fourth-order valence-electron chi connectivity index (χ4n) is 2.62. The molecule has 1 aliphatic rings. The van der Waals surface area contributed by atoms with Gasteiger partial charge >= 0.3 is 0 Å². The van der Waals surface area contributed by atoms with Gasteiger partial charge in [-0.15, -0.1) is 0 Å². The number of nitrogens with zero attached hydrogens (tertiary/aromatic N) is 1. The Morgan fingerprint density at radius 2 is 1.89 bits per heavy atom. The molecule has 1 heterocycles. The monoisotopic (exact) mass is 262 g/mol. The molecule has 1 aliphatic heterocycles. The molecule has 0 bridgehead atoms. The molecule has 0 aliphatic carbocycles. The zero-order chi connectivity index (χ0) is 13.8. The first kappa shape index (κ1) is 14.4. The first-order valence-electron chi connectivity index (χ1n) is 7.30. The molecule has 0 aromatic heterocycles. The molecule has 2 unspecified atom stereocenters. The van der Waals surface area contributed by atoms with E-state index >= 15 is 0 Å². The van der Waals surface area contributed by atoms with Crippen molar-refractivity contribution >= 4 is 0 Å². The van der Waals surface area contributed by atoms with Gasteiger partial charge in [-0.05, 0) is 45.4 Å². The minimum Gasteiger partial charge on any atom is -0.491 e. The minimum absolute atomic E-state index is 0.234. The van der Waals surface area contributed by atoms with Crippen LogP contribution in [0.5, 0.6) is 5.75 Å². The number of hydrogen-bond donors (Lipinski definition) is 1. The maximum Gasteiger partial charge on any atom is 0.119 e. The molecule has 3 nitrogen and oxygen atoms in total. The lowest BCUT2D eigenvalue weighted by Crippen LogP contribution is -2.49. The third-order valence-corrected chi connectivity index (χ3v) is 3.68. The van der Waals surface area contributed by atoms with Crippen molar-refractivity contribution in [3.05, 3.63) is 29.8 Å². The van der Waals surface area contributed by atoms with Crippen molar-refractivity contribution < 1.29 is 4.74 Å². The van der Waals surface area contributed by atoms with E-state index in [0.717, 1.165) is 25.4 Å². The summed E-state index contributed by atoms with van der Waals surface area (Å²) < 4.78 is 5.69. The molecule has 1 aromatic rings. The van der Waals surface area contributed by atoms with Crippen molar-refractivity contribution in [1.82, 2.24) is 10.2 Å². The zero-order valence-electron chi connectivity index (χ0n) is 12.5. The lowest BCUT2D eigenvalue weighted by molar-refractivity contribution is 0.158. The normalized spacial score (nSPS) is 22.5. The van der Waals surface area contributed by atoms with E-state index in [4.69, 9.17) is 4.74 Å². The maximum absolute atomic E-state index is 5.69. The molecule has 2 atom stereocenters. The molecular weight excluding hydrogens is 236 g/mol. The van der Waals surface area contributed by atoms with Crippen molar-refractivity contribution in [2.45, 2.75) is 45.9 Å². The van der Waals surface area contributed by atoms with E-state index in [2.05, 4.69) is 62.2 Å². The van der Waals surface area contributed by atoms with Gasteiger partial charge in [0.2, 0.25) is 0 Å². The van der Waals surface area contributed by atoms with Crippen molar-refractivity contribution in [2.24, 2.45) is 0 Å². The van der Waals surface area contributed by atoms with Crippen LogP contribution >= 0.6 is 0 Å². The second kappa shape index (κ2) is 6.40. The number of hydrogen-bond acceptors (Lipinski definition) is 3. The highest BCUT2D eigenvalue weighted by molar-refractivity contribution is 5.29. The summed E-state index contributed by atoms with van der Waals surface area (Å²) in [5.74, 6) is 0.958. The summed E-state index contributed by atoms with van der Waals surface area (Å²) in [7, 11) is 0. The van der Waals surface area contributed by atoms with Gasteiger partial charge in [0.1, 0.15) is 5.75 Å². The van der Waals surface area contributed by atoms with Gasteiger partial charge in [0.15, 0.2) is 0 Å². The molecule has 1 aromatic carbocycles. The fraction of sp³-hybridized carbons (Fsp3) is 0.625. The van der Waals surface area contributed by atoms with Crippen LogP contribution in [0.15, 0.2) is 24.3 Å². The van der Waals surface area contributed by atoms with Gasteiger partial charge in [0.25, 0.3) is 0 Å². The van der Waals surface area contributed by atoms with Crippen LogP contribution in [0.3, 0.4) is 0 Å². The van der Waals surface area contributed by atoms with Crippen LogP contribution in [0.25, 0.3) is 0 Å². The van der Waals surface area contributed by atoms with E-state index in [1.165, 1.54) is 5.56 Å². The Morgan fingerprint density at radius 3 is 2.47 bits per heavy atom. The number of nitrogens with one attached hydrogen (secondary N) is 1. The molecule has 2 rings (SSSR count). The second-order valence-corrected chi connectivity index (χ2v) is 5.76. The van der Waals surface area contributed by atoms with Gasteiger partial charge in [-0.2, -0.15) is 0 Å². The van der Waals surface area contributed by atoms with Crippen LogP contribution in [0, 0.1) is 0 Å². The maximum atomic E-state index is 5.69. The molecule has 0 amide bonds. The molecule has 106 valence electrons. The smallest absolute Gasteiger partial charge is 0.119 e. The molecule has 19 heavy (non-hydrogen) atoms. The van der Waals surface area contributed by atoms with Gasteiger partial charge in [-0.1, -0.05) is 12.1 Å². The van der Waals surface area contributed by atoms with E-state index < -0.39 is 0 Å². The lowest BCUT2D eigenvalue weighted by atomic mass is 10.0. The molecule has 0 spiro atoms. The predicted octanol–water partition coefficient (Wildman–Crippen LogP) is 2.83. The van der Waals surface area contributed by atoms with E-state index in [9.17, 15) is 0 Å². The summed E-state index contributed by atoms with van der Waals surface area (Å²) in [6.45, 7) is 12.0. The van der Waals surface area contributed by atoms with Crippen LogP contribution in [0.2, 0.25) is 0 Å². The Bertz CT molecular complexity index is 388. The first-order valence-corrected chi connectivity index (χ1v) is 7.30. The lowest BCUT2D eigenvalue weighted by Gasteiger charge is -2.36. The van der Waals surface area contributed by atoms with E-state index in [1.807, 2.05) is 0 Å². The summed E-state index contributed by atoms with van der Waals surface area (Å²) >= 11 is 0. The Balaban J connectivity index is 2.00. The van der Waals surface area contributed by atoms with Gasteiger partial charge in [0.05, 0.1) is 6.10 Å². The van der Waals surface area contributed by atoms with Crippen LogP contribution in [0.1, 0.15) is 39.3 Å². The standard InChI is InChI=1S/C16H26N2O/c1-12(2)19-16-7-5-15(6-8-16)14(4)18-10-9-17-13(3)11-18/h5-8,12-14,17H,9-11H2,1-4H3.